The zero-order valence-corrected chi connectivity index (χ0v) is 16.0. The number of nitrogens with one attached hydrogen (secondary N) is 1. The van der Waals surface area contributed by atoms with Crippen LogP contribution in [0.3, 0.4) is 0 Å². The summed E-state index contributed by atoms with van der Waals surface area (Å²) in [6.07, 6.45) is 3.66. The van der Waals surface area contributed by atoms with Gasteiger partial charge in [-0.2, -0.15) is 0 Å². The van der Waals surface area contributed by atoms with Gasteiger partial charge in [0.05, 0.1) is 13.2 Å². The van der Waals surface area contributed by atoms with E-state index in [-0.39, 0.29) is 11.9 Å². The minimum atomic E-state index is -0.0597. The van der Waals surface area contributed by atoms with Crippen molar-refractivity contribution in [2.24, 2.45) is 5.73 Å². The number of ether oxygens (including phenoxy) is 1. The average Bonchev–Trinajstić information content (AvgIpc) is 2.75. The monoisotopic (exact) mass is 367 g/mol. The highest BCUT2D eigenvalue weighted by Crippen LogP contribution is 2.30. The fraction of sp³-hybridized carbons (Fsp3) is 0.409. The molecule has 0 saturated carbocycles. The molecule has 2 aromatic carbocycles. The molecule has 27 heavy (non-hydrogen) atoms. The summed E-state index contributed by atoms with van der Waals surface area (Å²) in [6, 6.07) is 15.7. The van der Waals surface area contributed by atoms with Crippen molar-refractivity contribution in [1.82, 2.24) is 10.2 Å². The Kier molecular flexibility index (Phi) is 6.85. The zero-order valence-electron chi connectivity index (χ0n) is 16.0. The molecule has 1 aliphatic heterocycles. The van der Waals surface area contributed by atoms with E-state index in [0.717, 1.165) is 30.0 Å². The average molecular weight is 367 g/mol. The van der Waals surface area contributed by atoms with E-state index >= 15 is 0 Å². The molecule has 1 atom stereocenters. The summed E-state index contributed by atoms with van der Waals surface area (Å²) in [6.45, 7) is 3.12. The number of hydrogen-bond donors (Lipinski definition) is 2. The third-order valence-electron chi connectivity index (χ3n) is 5.24. The zero-order chi connectivity index (χ0) is 19.1. The summed E-state index contributed by atoms with van der Waals surface area (Å²) in [5, 5.41) is 3.12. The minimum Gasteiger partial charge on any atom is -0.496 e. The number of rotatable bonds is 7. The van der Waals surface area contributed by atoms with E-state index in [0.29, 0.717) is 18.7 Å². The molecule has 1 saturated heterocycles. The molecule has 0 bridgehead atoms. The summed E-state index contributed by atoms with van der Waals surface area (Å²) in [7, 11) is 1.70. The Morgan fingerprint density at radius 2 is 1.81 bits per heavy atom. The van der Waals surface area contributed by atoms with Crippen LogP contribution in [-0.2, 0) is 6.54 Å². The van der Waals surface area contributed by atoms with Crippen LogP contribution in [0.2, 0.25) is 0 Å². The van der Waals surface area contributed by atoms with Crippen LogP contribution in [0.15, 0.2) is 48.5 Å². The van der Waals surface area contributed by atoms with Gasteiger partial charge in [-0.25, -0.2) is 0 Å². The first-order valence-electron chi connectivity index (χ1n) is 9.67. The summed E-state index contributed by atoms with van der Waals surface area (Å²) < 4.78 is 5.58. The first kappa shape index (κ1) is 19.4. The van der Waals surface area contributed by atoms with Crippen LogP contribution in [0, 0.1) is 0 Å². The molecule has 1 heterocycles. The van der Waals surface area contributed by atoms with Crippen molar-refractivity contribution in [1.29, 1.82) is 0 Å². The van der Waals surface area contributed by atoms with E-state index in [4.69, 9.17) is 10.5 Å². The van der Waals surface area contributed by atoms with Crippen molar-refractivity contribution < 1.29 is 9.53 Å². The Hall–Kier alpha value is -2.37. The minimum absolute atomic E-state index is 0.0597. The molecule has 0 spiro atoms. The topological polar surface area (TPSA) is 67.6 Å². The van der Waals surface area contributed by atoms with E-state index in [1.165, 1.54) is 19.3 Å². The van der Waals surface area contributed by atoms with Crippen LogP contribution in [0.5, 0.6) is 5.75 Å². The lowest BCUT2D eigenvalue weighted by molar-refractivity contribution is 0.0923. The molecule has 3 N–H and O–H groups in total. The van der Waals surface area contributed by atoms with Gasteiger partial charge >= 0.3 is 0 Å². The van der Waals surface area contributed by atoms with Gasteiger partial charge in [0, 0.05) is 24.2 Å². The van der Waals surface area contributed by atoms with Gasteiger partial charge in [-0.15, -0.1) is 0 Å². The number of methoxy groups -OCH3 is 1. The molecule has 144 valence electrons. The maximum Gasteiger partial charge on any atom is 0.251 e. The fourth-order valence-electron chi connectivity index (χ4n) is 3.69. The van der Waals surface area contributed by atoms with Crippen LogP contribution in [0.1, 0.15) is 46.8 Å². The summed E-state index contributed by atoms with van der Waals surface area (Å²) >= 11 is 0. The van der Waals surface area contributed by atoms with Crippen molar-refractivity contribution in [2.45, 2.75) is 31.8 Å². The number of carbonyl (C=O) groups excluding carboxylic acids is 1. The van der Waals surface area contributed by atoms with E-state index in [1.807, 2.05) is 42.5 Å². The van der Waals surface area contributed by atoms with E-state index in [1.54, 1.807) is 7.11 Å². The van der Waals surface area contributed by atoms with E-state index in [2.05, 4.69) is 16.3 Å². The summed E-state index contributed by atoms with van der Waals surface area (Å²) in [5.41, 5.74) is 8.43. The molecule has 5 nitrogen and oxygen atoms in total. The highest BCUT2D eigenvalue weighted by molar-refractivity contribution is 5.94. The second-order valence-electron chi connectivity index (χ2n) is 6.97. The highest BCUT2D eigenvalue weighted by atomic mass is 16.5. The number of para-hydroxylation sites is 1. The predicted molar refractivity (Wildman–Crippen MR) is 108 cm³/mol. The van der Waals surface area contributed by atoms with Crippen molar-refractivity contribution in [3.63, 3.8) is 0 Å². The Bertz CT molecular complexity index is 739. The Morgan fingerprint density at radius 1 is 1.11 bits per heavy atom. The normalized spacial score (nSPS) is 15.9. The molecule has 0 aromatic heterocycles. The molecule has 1 aliphatic rings. The molecule has 2 aromatic rings. The Balaban J connectivity index is 1.75. The molecule has 5 heteroatoms. The lowest BCUT2D eigenvalue weighted by atomic mass is 10.0. The molecule has 1 amide bonds. The van der Waals surface area contributed by atoms with Crippen molar-refractivity contribution in [2.75, 3.05) is 26.7 Å². The van der Waals surface area contributed by atoms with Gasteiger partial charge in [0.2, 0.25) is 0 Å². The smallest absolute Gasteiger partial charge is 0.251 e. The molecule has 0 radical (unpaired) electrons. The SMILES string of the molecule is COc1ccccc1C(CNC(=O)c1ccc(CN)cc1)N1CCCCC1. The van der Waals surface area contributed by atoms with Crippen molar-refractivity contribution in [3.05, 3.63) is 65.2 Å². The van der Waals surface area contributed by atoms with Gasteiger partial charge in [0.1, 0.15) is 5.75 Å². The van der Waals surface area contributed by atoms with Crippen LogP contribution in [-0.4, -0.2) is 37.6 Å². The predicted octanol–water partition coefficient (Wildman–Crippen LogP) is 3.11. The summed E-state index contributed by atoms with van der Waals surface area (Å²) in [4.78, 5) is 15.1. The number of carbonyl (C=O) groups is 1. The number of hydrogen-bond acceptors (Lipinski definition) is 4. The van der Waals surface area contributed by atoms with Crippen LogP contribution in [0.25, 0.3) is 0 Å². The maximum absolute atomic E-state index is 12.6. The van der Waals surface area contributed by atoms with E-state index in [9.17, 15) is 4.79 Å². The quantitative estimate of drug-likeness (QED) is 0.789. The third kappa shape index (κ3) is 4.87. The number of amides is 1. The third-order valence-corrected chi connectivity index (χ3v) is 5.24. The molecule has 0 aliphatic carbocycles. The van der Waals surface area contributed by atoms with Gasteiger partial charge in [0.15, 0.2) is 0 Å². The van der Waals surface area contributed by atoms with E-state index < -0.39 is 0 Å². The van der Waals surface area contributed by atoms with Gasteiger partial charge in [-0.1, -0.05) is 36.8 Å². The fourth-order valence-corrected chi connectivity index (χ4v) is 3.69. The standard InChI is InChI=1S/C22H29N3O2/c1-27-21-8-4-3-7-19(21)20(25-13-5-2-6-14-25)16-24-22(26)18-11-9-17(15-23)10-12-18/h3-4,7-12,20H,2,5-6,13-16,23H2,1H3,(H,24,26). The van der Waals surface area contributed by atoms with Gasteiger partial charge in [0.25, 0.3) is 5.91 Å². The first-order valence-corrected chi connectivity index (χ1v) is 9.67. The summed E-state index contributed by atoms with van der Waals surface area (Å²) in [5.74, 6) is 0.810. The van der Waals surface area contributed by atoms with Crippen LogP contribution in [0.4, 0.5) is 0 Å². The van der Waals surface area contributed by atoms with Gasteiger partial charge in [-0.3, -0.25) is 9.69 Å². The Morgan fingerprint density at radius 3 is 2.48 bits per heavy atom. The molecular weight excluding hydrogens is 338 g/mol. The van der Waals surface area contributed by atoms with Crippen molar-refractivity contribution >= 4 is 5.91 Å². The lowest BCUT2D eigenvalue weighted by Crippen LogP contribution is -2.40. The largest absolute Gasteiger partial charge is 0.496 e. The number of piperidine rings is 1. The van der Waals surface area contributed by atoms with Crippen LogP contribution < -0.4 is 15.8 Å². The molecule has 3 rings (SSSR count). The lowest BCUT2D eigenvalue weighted by Gasteiger charge is -2.35. The number of nitrogens with two attached hydrogens (primary N) is 1. The van der Waals surface area contributed by atoms with Gasteiger partial charge in [-0.05, 0) is 49.7 Å². The first-order chi connectivity index (χ1) is 13.2. The van der Waals surface area contributed by atoms with Crippen LogP contribution >= 0.6 is 0 Å². The number of likely N-dealkylation sites (tertiary alicyclic amines) is 1. The van der Waals surface area contributed by atoms with Gasteiger partial charge < -0.3 is 15.8 Å². The molecule has 1 fully saturated rings. The molecular formula is C22H29N3O2. The maximum atomic E-state index is 12.6. The Labute approximate surface area is 161 Å². The van der Waals surface area contributed by atoms with Crippen molar-refractivity contribution in [3.8, 4) is 5.75 Å². The number of nitrogens with zero attached hydrogens (tertiary/aromatic N) is 1. The number of benzene rings is 2. The second kappa shape index (κ2) is 9.53. The highest BCUT2D eigenvalue weighted by Gasteiger charge is 2.25. The molecule has 1 unspecified atom stereocenters. The second-order valence-corrected chi connectivity index (χ2v) is 6.97.